The van der Waals surface area contributed by atoms with Gasteiger partial charge in [-0.3, -0.25) is 0 Å². The lowest BCUT2D eigenvalue weighted by atomic mass is 9.99. The molecule has 0 aromatic heterocycles. The van der Waals surface area contributed by atoms with Crippen LogP contribution in [0.1, 0.15) is 13.3 Å². The predicted molar refractivity (Wildman–Crippen MR) is 106 cm³/mol. The van der Waals surface area contributed by atoms with Crippen LogP contribution in [0.4, 0.5) is 0 Å². The third kappa shape index (κ3) is 5.21. The fraction of sp³-hybridized carbons (Fsp3) is 1.00. The van der Waals surface area contributed by atoms with Crippen molar-refractivity contribution < 1.29 is 79.8 Å². The Balaban J connectivity index is 1.79. The van der Waals surface area contributed by atoms with Gasteiger partial charge in [-0.2, -0.15) is 4.89 Å². The zero-order valence-corrected chi connectivity index (χ0v) is 18.8. The maximum Gasteiger partial charge on any atom is 0.230 e. The molecule has 3 saturated heterocycles. The van der Waals surface area contributed by atoms with Crippen LogP contribution in [0.15, 0.2) is 0 Å². The van der Waals surface area contributed by atoms with Crippen LogP contribution in [0.3, 0.4) is 0 Å². The van der Waals surface area contributed by atoms with Gasteiger partial charge in [0.15, 0.2) is 6.29 Å². The quantitative estimate of drug-likeness (QED) is 0.0952. The van der Waals surface area contributed by atoms with Crippen molar-refractivity contribution in [3.8, 4) is 0 Å². The normalized spacial score (nSPS) is 50.7. The molecule has 0 unspecified atom stereocenters. The molecule has 0 bridgehead atoms. The molecule has 206 valence electrons. The molecule has 0 aromatic rings. The van der Waals surface area contributed by atoms with E-state index in [1.807, 2.05) is 0 Å². The van der Waals surface area contributed by atoms with Crippen molar-refractivity contribution in [2.45, 2.75) is 92.2 Å². The summed E-state index contributed by atoms with van der Waals surface area (Å²) >= 11 is 0. The number of ether oxygens (including phenoxy) is 4. The van der Waals surface area contributed by atoms with Gasteiger partial charge in [0.05, 0.1) is 19.8 Å². The highest BCUT2D eigenvalue weighted by Crippen LogP contribution is 2.39. The second-order valence-electron chi connectivity index (χ2n) is 8.69. The minimum absolute atomic E-state index is 0.0758. The molecule has 16 nitrogen and oxygen atoms in total. The zero-order valence-electron chi connectivity index (χ0n) is 18.8. The van der Waals surface area contributed by atoms with Gasteiger partial charge in [0.2, 0.25) is 11.6 Å². The lowest BCUT2D eigenvalue weighted by molar-refractivity contribution is -0.470. The van der Waals surface area contributed by atoms with E-state index < -0.39 is 105 Å². The molecular weight excluding hydrogens is 484 g/mol. The Labute approximate surface area is 199 Å². The van der Waals surface area contributed by atoms with E-state index in [2.05, 4.69) is 0 Å². The van der Waals surface area contributed by atoms with Crippen LogP contribution in [0.25, 0.3) is 0 Å². The Hall–Kier alpha value is -0.640. The molecule has 0 saturated carbocycles. The number of aliphatic hydroxyl groups excluding tert-OH is 10. The average Bonchev–Trinajstić information content (AvgIpc) is 3.24. The molecular formula is C19H34O16. The standard InChI is InChI=1S/C19H34O16/c1-2-18(15(28)11(24)8(4-21)32-18)35-30-6-19(16(29)12(25)9(5-22)33-19)34-17-14(27)13(26)10(23)7(3-20)31-17/h7-17,20-29H,2-6H2,1H3/t7-,8-,9-,10-,11-,12-,13+,14-,15+,16+,17-,18+,19+/m0/s1. The molecule has 10 N–H and O–H groups in total. The summed E-state index contributed by atoms with van der Waals surface area (Å²) in [5.74, 6) is -4.36. The van der Waals surface area contributed by atoms with Gasteiger partial charge in [-0.25, -0.2) is 4.89 Å². The first kappa shape index (κ1) is 28.9. The van der Waals surface area contributed by atoms with Crippen LogP contribution in [0.5, 0.6) is 0 Å². The summed E-state index contributed by atoms with van der Waals surface area (Å²) in [6.07, 6.45) is -18.1. The SMILES string of the molecule is CC[C@]1(OOC[C@]2(O[C@@H]3O[C@@H](CO)[C@H](O)[C@@H](O)[C@@H]3O)O[C@@H](CO)[C@H](O)[C@H]2O)O[C@@H](CO)[C@H](O)[C@H]1O. The maximum absolute atomic E-state index is 10.7. The van der Waals surface area contributed by atoms with Crippen molar-refractivity contribution in [3.05, 3.63) is 0 Å². The Kier molecular flexibility index (Phi) is 9.42. The lowest BCUT2D eigenvalue weighted by Crippen LogP contribution is -2.63. The van der Waals surface area contributed by atoms with Gasteiger partial charge >= 0.3 is 0 Å². The summed E-state index contributed by atoms with van der Waals surface area (Å²) in [7, 11) is 0. The van der Waals surface area contributed by atoms with Crippen LogP contribution in [0, 0.1) is 0 Å². The van der Waals surface area contributed by atoms with Gasteiger partial charge in [-0.1, -0.05) is 6.92 Å². The Bertz CT molecular complexity index is 683. The molecule has 35 heavy (non-hydrogen) atoms. The largest absolute Gasteiger partial charge is 0.394 e. The molecule has 3 rings (SSSR count). The van der Waals surface area contributed by atoms with E-state index >= 15 is 0 Å². The van der Waals surface area contributed by atoms with Gasteiger partial charge in [-0.05, 0) is 0 Å². The molecule has 3 aliphatic rings. The Morgan fingerprint density at radius 3 is 1.66 bits per heavy atom. The molecule has 0 aliphatic carbocycles. The smallest absolute Gasteiger partial charge is 0.230 e. The van der Waals surface area contributed by atoms with Gasteiger partial charge in [0.25, 0.3) is 0 Å². The number of rotatable bonds is 10. The minimum atomic E-state index is -2.41. The molecule has 3 aliphatic heterocycles. The fourth-order valence-electron chi connectivity index (χ4n) is 4.25. The molecule has 0 radical (unpaired) electrons. The first-order chi connectivity index (χ1) is 16.5. The summed E-state index contributed by atoms with van der Waals surface area (Å²) in [6.45, 7) is -1.57. The molecule has 13 atom stereocenters. The van der Waals surface area contributed by atoms with E-state index in [1.165, 1.54) is 6.92 Å². The highest BCUT2D eigenvalue weighted by molar-refractivity contribution is 4.99. The molecule has 3 heterocycles. The summed E-state index contributed by atoms with van der Waals surface area (Å²) in [5, 5.41) is 99.8. The van der Waals surface area contributed by atoms with Crippen LogP contribution in [-0.4, -0.2) is 156 Å². The van der Waals surface area contributed by atoms with E-state index in [9.17, 15) is 51.1 Å². The van der Waals surface area contributed by atoms with Crippen molar-refractivity contribution in [2.24, 2.45) is 0 Å². The molecule has 3 fully saturated rings. The monoisotopic (exact) mass is 518 g/mol. The lowest BCUT2D eigenvalue weighted by Gasteiger charge is -2.43. The van der Waals surface area contributed by atoms with Crippen LogP contribution in [0.2, 0.25) is 0 Å². The van der Waals surface area contributed by atoms with E-state index in [4.69, 9.17) is 28.7 Å². The zero-order chi connectivity index (χ0) is 26.1. The number of hydrogen-bond donors (Lipinski definition) is 10. The minimum Gasteiger partial charge on any atom is -0.394 e. The summed E-state index contributed by atoms with van der Waals surface area (Å²) in [4.78, 5) is 10.3. The molecule has 0 aromatic carbocycles. The van der Waals surface area contributed by atoms with Crippen LogP contribution >= 0.6 is 0 Å². The van der Waals surface area contributed by atoms with Crippen molar-refractivity contribution in [1.82, 2.24) is 0 Å². The van der Waals surface area contributed by atoms with Crippen molar-refractivity contribution in [3.63, 3.8) is 0 Å². The number of aliphatic hydroxyl groups is 10. The van der Waals surface area contributed by atoms with E-state index in [-0.39, 0.29) is 6.42 Å². The number of hydrogen-bond acceptors (Lipinski definition) is 16. The topological polar surface area (TPSA) is 258 Å². The van der Waals surface area contributed by atoms with Gasteiger partial charge in [-0.15, -0.1) is 0 Å². The Morgan fingerprint density at radius 1 is 0.657 bits per heavy atom. The first-order valence-corrected chi connectivity index (χ1v) is 11.1. The van der Waals surface area contributed by atoms with Crippen molar-refractivity contribution in [1.29, 1.82) is 0 Å². The van der Waals surface area contributed by atoms with Crippen molar-refractivity contribution >= 4 is 0 Å². The summed E-state index contributed by atoms with van der Waals surface area (Å²) in [5.41, 5.74) is 0. The average molecular weight is 518 g/mol. The van der Waals surface area contributed by atoms with Gasteiger partial charge in [0, 0.05) is 6.42 Å². The maximum atomic E-state index is 10.7. The van der Waals surface area contributed by atoms with Crippen molar-refractivity contribution in [2.75, 3.05) is 26.4 Å². The summed E-state index contributed by atoms with van der Waals surface area (Å²) < 4.78 is 21.7. The predicted octanol–water partition coefficient (Wildman–Crippen LogP) is -6.22. The van der Waals surface area contributed by atoms with Crippen LogP contribution in [-0.2, 0) is 28.7 Å². The second-order valence-corrected chi connectivity index (χ2v) is 8.69. The fourth-order valence-corrected chi connectivity index (χ4v) is 4.25. The highest BCUT2D eigenvalue weighted by Gasteiger charge is 2.60. The second kappa shape index (κ2) is 11.4. The molecule has 16 heteroatoms. The Morgan fingerprint density at radius 2 is 1.17 bits per heavy atom. The van der Waals surface area contributed by atoms with E-state index in [1.54, 1.807) is 0 Å². The van der Waals surface area contributed by atoms with Crippen LogP contribution < -0.4 is 0 Å². The van der Waals surface area contributed by atoms with Gasteiger partial charge < -0.3 is 70.0 Å². The van der Waals surface area contributed by atoms with Gasteiger partial charge in [0.1, 0.15) is 67.6 Å². The van der Waals surface area contributed by atoms with E-state index in [0.717, 1.165) is 0 Å². The first-order valence-electron chi connectivity index (χ1n) is 11.1. The molecule has 0 spiro atoms. The van der Waals surface area contributed by atoms with E-state index in [0.29, 0.717) is 0 Å². The molecule has 0 amide bonds. The highest BCUT2D eigenvalue weighted by atomic mass is 17.2. The third-order valence-electron chi connectivity index (χ3n) is 6.49. The summed E-state index contributed by atoms with van der Waals surface area (Å²) in [6, 6.07) is 0. The third-order valence-corrected chi connectivity index (χ3v) is 6.49.